The second-order valence-corrected chi connectivity index (χ2v) is 7.70. The molecule has 0 aromatic heterocycles. The smallest absolute Gasteiger partial charge is 0.269 e. The van der Waals surface area contributed by atoms with Crippen LogP contribution in [0.3, 0.4) is 0 Å². The molecule has 3 rings (SSSR count). The van der Waals surface area contributed by atoms with Gasteiger partial charge in [-0.3, -0.25) is 15.1 Å². The van der Waals surface area contributed by atoms with Gasteiger partial charge >= 0.3 is 0 Å². The van der Waals surface area contributed by atoms with Crippen LogP contribution in [0, 0.1) is 10.1 Å². The van der Waals surface area contributed by atoms with Crippen molar-refractivity contribution in [2.75, 3.05) is 37.7 Å². The molecule has 172 valence electrons. The molecule has 0 spiro atoms. The predicted molar refractivity (Wildman–Crippen MR) is 125 cm³/mol. The quantitative estimate of drug-likeness (QED) is 0.237. The summed E-state index contributed by atoms with van der Waals surface area (Å²) in [5.41, 5.74) is 1.22. The van der Waals surface area contributed by atoms with E-state index in [1.165, 1.54) is 30.0 Å². The van der Waals surface area contributed by atoms with Gasteiger partial charge in [0.15, 0.2) is 5.96 Å². The number of nitro groups is 1. The number of anilines is 1. The number of guanidine groups is 1. The lowest BCUT2D eigenvalue weighted by molar-refractivity contribution is -0.384. The largest absolute Gasteiger partial charge is 0.491 e. The average Bonchev–Trinajstić information content (AvgIpc) is 2.82. The summed E-state index contributed by atoms with van der Waals surface area (Å²) in [4.78, 5) is 17.1. The van der Waals surface area contributed by atoms with Gasteiger partial charge in [0.05, 0.1) is 11.5 Å². The molecule has 2 unspecified atom stereocenters. The first-order valence-electron chi connectivity index (χ1n) is 11.0. The Morgan fingerprint density at radius 2 is 2.03 bits per heavy atom. The summed E-state index contributed by atoms with van der Waals surface area (Å²) in [6.45, 7) is 4.87. The number of rotatable bonds is 9. The van der Waals surface area contributed by atoms with Crippen LogP contribution in [0.5, 0.6) is 5.75 Å². The minimum atomic E-state index is -0.798. The number of piperidine rings is 1. The zero-order valence-electron chi connectivity index (χ0n) is 18.3. The second kappa shape index (κ2) is 11.9. The summed E-state index contributed by atoms with van der Waals surface area (Å²) < 4.78 is 5.52. The maximum Gasteiger partial charge on any atom is 0.269 e. The number of hydrogen-bond donors (Lipinski definition) is 3. The third-order valence-corrected chi connectivity index (χ3v) is 5.18. The van der Waals surface area contributed by atoms with Crippen molar-refractivity contribution in [3.8, 4) is 5.75 Å². The molecule has 2 aromatic carbocycles. The molecule has 0 radical (unpaired) electrons. The van der Waals surface area contributed by atoms with E-state index in [-0.39, 0.29) is 24.9 Å². The van der Waals surface area contributed by atoms with Crippen LogP contribution in [-0.2, 0) is 0 Å². The monoisotopic (exact) mass is 441 g/mol. The summed E-state index contributed by atoms with van der Waals surface area (Å²) in [5.74, 6) is 1.13. The summed E-state index contributed by atoms with van der Waals surface area (Å²) >= 11 is 0. The fraction of sp³-hybridized carbons (Fsp3) is 0.435. The highest BCUT2D eigenvalue weighted by Gasteiger charge is 2.21. The molecule has 0 saturated carbocycles. The standard InChI is InChI=1S/C23H31N5O4/c1-2-24-23(26-18-7-6-14-27(16-18)19-8-4-3-5-9-19)25-15-21(29)17-32-22-12-10-20(11-13-22)28(30)31/h3-5,8-13,18,21,29H,2,6-7,14-17H2,1H3,(H2,24,25,26). The Kier molecular flexibility index (Phi) is 8.68. The van der Waals surface area contributed by atoms with Crippen LogP contribution in [0.4, 0.5) is 11.4 Å². The highest BCUT2D eigenvalue weighted by molar-refractivity contribution is 5.80. The van der Waals surface area contributed by atoms with Crippen molar-refractivity contribution in [1.82, 2.24) is 10.6 Å². The molecule has 1 aliphatic heterocycles. The lowest BCUT2D eigenvalue weighted by Gasteiger charge is -2.35. The second-order valence-electron chi connectivity index (χ2n) is 7.70. The van der Waals surface area contributed by atoms with Crippen molar-refractivity contribution in [2.24, 2.45) is 4.99 Å². The zero-order valence-corrected chi connectivity index (χ0v) is 18.3. The summed E-state index contributed by atoms with van der Waals surface area (Å²) in [5, 5.41) is 27.7. The highest BCUT2D eigenvalue weighted by Crippen LogP contribution is 2.19. The van der Waals surface area contributed by atoms with E-state index in [0.717, 1.165) is 32.5 Å². The molecule has 1 aliphatic rings. The Balaban J connectivity index is 1.49. The molecule has 9 nitrogen and oxygen atoms in total. The molecule has 0 bridgehead atoms. The first-order valence-corrected chi connectivity index (χ1v) is 11.0. The van der Waals surface area contributed by atoms with Gasteiger partial charge in [-0.1, -0.05) is 18.2 Å². The van der Waals surface area contributed by atoms with Gasteiger partial charge in [0, 0.05) is 43.5 Å². The first kappa shape index (κ1) is 23.3. The molecule has 3 N–H and O–H groups in total. The molecule has 1 fully saturated rings. The first-order chi connectivity index (χ1) is 15.5. The number of non-ortho nitro benzene ring substituents is 1. The van der Waals surface area contributed by atoms with Crippen molar-refractivity contribution >= 4 is 17.3 Å². The van der Waals surface area contributed by atoms with Crippen LogP contribution < -0.4 is 20.3 Å². The molecular formula is C23H31N5O4. The van der Waals surface area contributed by atoms with E-state index in [1.54, 1.807) is 0 Å². The number of aliphatic hydroxyl groups is 1. The van der Waals surface area contributed by atoms with E-state index in [2.05, 4.69) is 44.8 Å². The number of aliphatic imine (C=N–C) groups is 1. The summed E-state index contributed by atoms with van der Waals surface area (Å²) in [7, 11) is 0. The third-order valence-electron chi connectivity index (χ3n) is 5.18. The molecule has 2 atom stereocenters. The van der Waals surface area contributed by atoms with Crippen molar-refractivity contribution in [1.29, 1.82) is 0 Å². The number of benzene rings is 2. The molecule has 1 heterocycles. The Morgan fingerprint density at radius 1 is 1.28 bits per heavy atom. The van der Waals surface area contributed by atoms with Gasteiger partial charge in [0.1, 0.15) is 18.5 Å². The topological polar surface area (TPSA) is 112 Å². The lowest BCUT2D eigenvalue weighted by Crippen LogP contribution is -2.51. The Labute approximate surface area is 188 Å². The zero-order chi connectivity index (χ0) is 22.8. The van der Waals surface area contributed by atoms with Crippen molar-refractivity contribution in [3.05, 3.63) is 64.7 Å². The third kappa shape index (κ3) is 7.12. The minimum Gasteiger partial charge on any atom is -0.491 e. The molecule has 0 amide bonds. The molecule has 0 aliphatic carbocycles. The molecular weight excluding hydrogens is 410 g/mol. The van der Waals surface area contributed by atoms with E-state index in [9.17, 15) is 15.2 Å². The van der Waals surface area contributed by atoms with Crippen LogP contribution in [0.1, 0.15) is 19.8 Å². The van der Waals surface area contributed by atoms with Gasteiger partial charge in [-0.05, 0) is 44.0 Å². The minimum absolute atomic E-state index is 0.00241. The van der Waals surface area contributed by atoms with Gasteiger partial charge in [-0.15, -0.1) is 0 Å². The number of para-hydroxylation sites is 1. The van der Waals surface area contributed by atoms with E-state index in [0.29, 0.717) is 11.7 Å². The van der Waals surface area contributed by atoms with E-state index in [4.69, 9.17) is 4.74 Å². The SMILES string of the molecule is CCNC(=NCC(O)COc1ccc([N+](=O)[O-])cc1)NC1CCCN(c2ccccc2)C1. The fourth-order valence-corrected chi connectivity index (χ4v) is 3.59. The van der Waals surface area contributed by atoms with Crippen LogP contribution in [0.15, 0.2) is 59.6 Å². The van der Waals surface area contributed by atoms with E-state index >= 15 is 0 Å². The lowest BCUT2D eigenvalue weighted by atomic mass is 10.1. The van der Waals surface area contributed by atoms with Crippen LogP contribution in [0.25, 0.3) is 0 Å². The van der Waals surface area contributed by atoms with Gasteiger partial charge in [-0.2, -0.15) is 0 Å². The van der Waals surface area contributed by atoms with Crippen LogP contribution >= 0.6 is 0 Å². The molecule has 2 aromatic rings. The van der Waals surface area contributed by atoms with Gasteiger partial charge in [0.2, 0.25) is 0 Å². The summed E-state index contributed by atoms with van der Waals surface area (Å²) in [6, 6.07) is 16.4. The number of ether oxygens (including phenoxy) is 1. The number of nitrogens with one attached hydrogen (secondary N) is 2. The fourth-order valence-electron chi connectivity index (χ4n) is 3.59. The molecule has 32 heavy (non-hydrogen) atoms. The maximum absolute atomic E-state index is 10.7. The van der Waals surface area contributed by atoms with Crippen molar-refractivity contribution < 1.29 is 14.8 Å². The highest BCUT2D eigenvalue weighted by atomic mass is 16.6. The van der Waals surface area contributed by atoms with Crippen LogP contribution in [0.2, 0.25) is 0 Å². The van der Waals surface area contributed by atoms with Gasteiger partial charge in [-0.25, -0.2) is 0 Å². The maximum atomic E-state index is 10.7. The number of hydrogen-bond acceptors (Lipinski definition) is 6. The van der Waals surface area contributed by atoms with Crippen LogP contribution in [-0.4, -0.2) is 60.9 Å². The normalized spacial score (nSPS) is 17.5. The Bertz CT molecular complexity index is 876. The van der Waals surface area contributed by atoms with Crippen molar-refractivity contribution in [3.63, 3.8) is 0 Å². The Morgan fingerprint density at radius 3 is 2.72 bits per heavy atom. The molecule has 9 heteroatoms. The van der Waals surface area contributed by atoms with Gasteiger partial charge in [0.25, 0.3) is 5.69 Å². The van der Waals surface area contributed by atoms with Gasteiger partial charge < -0.3 is 25.4 Å². The molecule has 1 saturated heterocycles. The Hall–Kier alpha value is -3.33. The number of aliphatic hydroxyl groups excluding tert-OH is 1. The van der Waals surface area contributed by atoms with E-state index in [1.807, 2.05) is 13.0 Å². The van der Waals surface area contributed by atoms with Crippen molar-refractivity contribution in [2.45, 2.75) is 31.9 Å². The predicted octanol–water partition coefficient (Wildman–Crippen LogP) is 2.56. The average molecular weight is 442 g/mol. The summed E-state index contributed by atoms with van der Waals surface area (Å²) in [6.07, 6.45) is 1.35. The number of nitrogens with zero attached hydrogens (tertiary/aromatic N) is 3. The van der Waals surface area contributed by atoms with E-state index < -0.39 is 11.0 Å². The number of nitro benzene ring substituents is 1.